The van der Waals surface area contributed by atoms with Gasteiger partial charge in [0.1, 0.15) is 0 Å². The monoisotopic (exact) mass is 417 g/mol. The first kappa shape index (κ1) is 20.7. The molecule has 2 aromatic rings. The fraction of sp³-hybridized carbons (Fsp3) is 0.280. The third-order valence-corrected chi connectivity index (χ3v) is 5.92. The first-order valence-corrected chi connectivity index (χ1v) is 10.3. The summed E-state index contributed by atoms with van der Waals surface area (Å²) in [6.45, 7) is 3.46. The van der Waals surface area contributed by atoms with E-state index in [0.29, 0.717) is 17.7 Å². The number of ketones is 1. The zero-order chi connectivity index (χ0) is 22.1. The maximum atomic E-state index is 12.9. The van der Waals surface area contributed by atoms with Crippen LogP contribution in [0.2, 0.25) is 0 Å². The standard InChI is InChI=1S/C25H23NO5/c1-15-9-11-17(12-10-15)21(27)14-31-25(30)18-6-4-7-19(13-18)26-23(28)20-8-3-5-16(2)22(20)24(26)29/h3-7,9-13,16,20,22H,8,14H2,1-2H3/t16-,20+,22+/m0/s1. The van der Waals surface area contributed by atoms with Gasteiger partial charge in [-0.3, -0.25) is 19.3 Å². The number of carbonyl (C=O) groups excluding carboxylic acids is 4. The summed E-state index contributed by atoms with van der Waals surface area (Å²) in [5.74, 6) is -2.23. The molecule has 0 radical (unpaired) electrons. The van der Waals surface area contributed by atoms with Crippen molar-refractivity contribution in [2.75, 3.05) is 11.5 Å². The highest BCUT2D eigenvalue weighted by atomic mass is 16.5. The first-order chi connectivity index (χ1) is 14.9. The molecule has 1 saturated heterocycles. The second-order valence-corrected chi connectivity index (χ2v) is 8.08. The van der Waals surface area contributed by atoms with Crippen LogP contribution in [0.25, 0.3) is 0 Å². The van der Waals surface area contributed by atoms with Crippen LogP contribution in [0, 0.1) is 24.7 Å². The summed E-state index contributed by atoms with van der Waals surface area (Å²) >= 11 is 0. The zero-order valence-corrected chi connectivity index (χ0v) is 17.4. The molecule has 3 atom stereocenters. The number of ether oxygens (including phenoxy) is 1. The molecule has 0 bridgehead atoms. The third kappa shape index (κ3) is 3.93. The van der Waals surface area contributed by atoms with Crippen molar-refractivity contribution >= 4 is 29.3 Å². The number of aryl methyl sites for hydroxylation is 1. The van der Waals surface area contributed by atoms with E-state index in [0.717, 1.165) is 5.56 Å². The van der Waals surface area contributed by atoms with Crippen LogP contribution in [0.5, 0.6) is 0 Å². The normalized spacial score (nSPS) is 22.4. The number of benzene rings is 2. The molecule has 6 nitrogen and oxygen atoms in total. The molecule has 4 rings (SSSR count). The fourth-order valence-electron chi connectivity index (χ4n) is 4.21. The molecule has 6 heteroatoms. The number of esters is 1. The van der Waals surface area contributed by atoms with Crippen molar-refractivity contribution < 1.29 is 23.9 Å². The molecule has 158 valence electrons. The average molecular weight is 417 g/mol. The van der Waals surface area contributed by atoms with E-state index in [2.05, 4.69) is 0 Å². The van der Waals surface area contributed by atoms with Crippen LogP contribution in [-0.4, -0.2) is 30.2 Å². The number of carbonyl (C=O) groups is 4. The van der Waals surface area contributed by atoms with E-state index in [1.165, 1.54) is 17.0 Å². The Balaban J connectivity index is 1.47. The second-order valence-electron chi connectivity index (χ2n) is 8.08. The maximum absolute atomic E-state index is 12.9. The van der Waals surface area contributed by atoms with Gasteiger partial charge in [0.2, 0.25) is 11.8 Å². The summed E-state index contributed by atoms with van der Waals surface area (Å²) in [5.41, 5.74) is 2.01. The Bertz CT molecular complexity index is 1090. The Morgan fingerprint density at radius 2 is 1.77 bits per heavy atom. The highest BCUT2D eigenvalue weighted by Crippen LogP contribution is 2.40. The van der Waals surface area contributed by atoms with Crippen molar-refractivity contribution in [3.05, 3.63) is 77.4 Å². The van der Waals surface area contributed by atoms with Crippen molar-refractivity contribution in [2.24, 2.45) is 17.8 Å². The van der Waals surface area contributed by atoms with Gasteiger partial charge in [0, 0.05) is 5.56 Å². The van der Waals surface area contributed by atoms with Crippen molar-refractivity contribution in [2.45, 2.75) is 20.3 Å². The molecule has 2 aliphatic rings. The average Bonchev–Trinajstić information content (AvgIpc) is 3.03. The Labute approximate surface area is 180 Å². The highest BCUT2D eigenvalue weighted by Gasteiger charge is 2.50. The van der Waals surface area contributed by atoms with Crippen molar-refractivity contribution in [1.29, 1.82) is 0 Å². The SMILES string of the molecule is Cc1ccc(C(=O)COC(=O)c2cccc(N3C(=O)[C@@H]4[C@@H](C)C=CC[C@H]4C3=O)c2)cc1. The van der Waals surface area contributed by atoms with Gasteiger partial charge in [-0.1, -0.05) is 55.0 Å². The predicted molar refractivity (Wildman–Crippen MR) is 115 cm³/mol. The molecule has 2 amide bonds. The van der Waals surface area contributed by atoms with E-state index < -0.39 is 5.97 Å². The summed E-state index contributed by atoms with van der Waals surface area (Å²) in [6, 6.07) is 13.2. The van der Waals surface area contributed by atoms with Crippen LogP contribution in [-0.2, 0) is 14.3 Å². The molecule has 2 aromatic carbocycles. The van der Waals surface area contributed by atoms with Crippen molar-refractivity contribution in [1.82, 2.24) is 0 Å². The van der Waals surface area contributed by atoms with E-state index in [-0.39, 0.29) is 47.5 Å². The molecule has 0 unspecified atom stereocenters. The minimum Gasteiger partial charge on any atom is -0.454 e. The molecule has 1 fully saturated rings. The van der Waals surface area contributed by atoms with Gasteiger partial charge in [0.05, 0.1) is 23.1 Å². The molecule has 31 heavy (non-hydrogen) atoms. The van der Waals surface area contributed by atoms with Crippen LogP contribution >= 0.6 is 0 Å². The van der Waals surface area contributed by atoms with Gasteiger partial charge in [-0.15, -0.1) is 0 Å². The second kappa shape index (κ2) is 8.30. The largest absolute Gasteiger partial charge is 0.454 e. The first-order valence-electron chi connectivity index (χ1n) is 10.3. The Morgan fingerprint density at radius 1 is 1.03 bits per heavy atom. The number of allylic oxidation sites excluding steroid dienone is 2. The van der Waals surface area contributed by atoms with Crippen molar-refractivity contribution in [3.63, 3.8) is 0 Å². The molecule has 0 N–H and O–H groups in total. The summed E-state index contributed by atoms with van der Waals surface area (Å²) in [5, 5.41) is 0. The lowest BCUT2D eigenvalue weighted by atomic mass is 9.78. The zero-order valence-electron chi connectivity index (χ0n) is 17.4. The van der Waals surface area contributed by atoms with Gasteiger partial charge in [-0.25, -0.2) is 4.79 Å². The number of hydrogen-bond donors (Lipinski definition) is 0. The van der Waals surface area contributed by atoms with Gasteiger partial charge < -0.3 is 4.74 Å². The van der Waals surface area contributed by atoms with Crippen LogP contribution in [0.15, 0.2) is 60.7 Å². The summed E-state index contributed by atoms with van der Waals surface area (Å²) in [7, 11) is 0. The smallest absolute Gasteiger partial charge is 0.338 e. The number of nitrogens with zero attached hydrogens (tertiary/aromatic N) is 1. The van der Waals surface area contributed by atoms with Gasteiger partial charge in [0.15, 0.2) is 12.4 Å². The summed E-state index contributed by atoms with van der Waals surface area (Å²) < 4.78 is 5.17. The van der Waals surface area contributed by atoms with Gasteiger partial charge in [0.25, 0.3) is 0 Å². The fourth-order valence-corrected chi connectivity index (χ4v) is 4.21. The molecular formula is C25H23NO5. The number of amides is 2. The lowest BCUT2D eigenvalue weighted by Crippen LogP contribution is -2.31. The van der Waals surface area contributed by atoms with Crippen molar-refractivity contribution in [3.8, 4) is 0 Å². The highest BCUT2D eigenvalue weighted by molar-refractivity contribution is 6.22. The van der Waals surface area contributed by atoms with Crippen LogP contribution < -0.4 is 4.90 Å². The number of hydrogen-bond acceptors (Lipinski definition) is 5. The summed E-state index contributed by atoms with van der Waals surface area (Å²) in [4.78, 5) is 51.7. The van der Waals surface area contributed by atoms with Gasteiger partial charge in [-0.2, -0.15) is 0 Å². The van der Waals surface area contributed by atoms with Gasteiger partial charge in [-0.05, 0) is 37.5 Å². The number of fused-ring (bicyclic) bond motifs is 1. The molecule has 0 saturated carbocycles. The summed E-state index contributed by atoms with van der Waals surface area (Å²) in [6.07, 6.45) is 4.45. The molecule has 1 aliphatic carbocycles. The lowest BCUT2D eigenvalue weighted by Gasteiger charge is -2.22. The molecule has 1 heterocycles. The van der Waals surface area contributed by atoms with Gasteiger partial charge >= 0.3 is 5.97 Å². The quantitative estimate of drug-likeness (QED) is 0.320. The molecular weight excluding hydrogens is 394 g/mol. The van der Waals surface area contributed by atoms with E-state index in [4.69, 9.17) is 4.74 Å². The number of Topliss-reactive ketones (excluding diaryl/α,β-unsaturated/α-hetero) is 1. The van der Waals surface area contributed by atoms with E-state index >= 15 is 0 Å². The minimum absolute atomic E-state index is 0.0128. The van der Waals surface area contributed by atoms with Crippen LogP contribution in [0.3, 0.4) is 0 Å². The van der Waals surface area contributed by atoms with E-state index in [1.807, 2.05) is 38.1 Å². The van der Waals surface area contributed by atoms with E-state index in [1.54, 1.807) is 24.3 Å². The van der Waals surface area contributed by atoms with Crippen LogP contribution in [0.1, 0.15) is 39.6 Å². The Hall–Kier alpha value is -3.54. The van der Waals surface area contributed by atoms with E-state index in [9.17, 15) is 19.2 Å². The predicted octanol–water partition coefficient (Wildman–Crippen LogP) is 3.74. The number of rotatable bonds is 5. The molecule has 1 aliphatic heterocycles. The molecule has 0 aromatic heterocycles. The number of anilines is 1. The third-order valence-electron chi connectivity index (χ3n) is 5.92. The Kier molecular flexibility index (Phi) is 5.55. The number of imide groups is 1. The Morgan fingerprint density at radius 3 is 2.48 bits per heavy atom. The lowest BCUT2D eigenvalue weighted by molar-refractivity contribution is -0.122. The van der Waals surface area contributed by atoms with Crippen LogP contribution in [0.4, 0.5) is 5.69 Å². The maximum Gasteiger partial charge on any atom is 0.338 e. The minimum atomic E-state index is -0.686. The molecule has 0 spiro atoms. The topological polar surface area (TPSA) is 80.8 Å².